The Morgan fingerprint density at radius 2 is 1.68 bits per heavy atom. The van der Waals surface area contributed by atoms with Crippen LogP contribution in [-0.2, 0) is 10.0 Å². The Bertz CT molecular complexity index is 1560. The van der Waals surface area contributed by atoms with E-state index < -0.39 is 34.1 Å². The SMILES string of the molecule is COc1ccc(NC(=O)N(C)C[C@@H]2Oc3c(NS(=O)(=O)c4ccc(OC)cc4)cccc3C(=O)N([C@H](C)CO)C[C@H]2C)cc1. The summed E-state index contributed by atoms with van der Waals surface area (Å²) in [6.45, 7) is 3.68. The molecule has 1 aliphatic heterocycles. The zero-order valence-electron chi connectivity index (χ0n) is 25.3. The van der Waals surface area contributed by atoms with E-state index in [0.29, 0.717) is 17.2 Å². The highest BCUT2D eigenvalue weighted by Gasteiger charge is 2.35. The highest BCUT2D eigenvalue weighted by Crippen LogP contribution is 2.36. The summed E-state index contributed by atoms with van der Waals surface area (Å²) in [5, 5.41) is 12.8. The van der Waals surface area contributed by atoms with Crippen LogP contribution in [0.25, 0.3) is 0 Å². The number of ether oxygens (including phenoxy) is 3. The molecule has 13 heteroatoms. The first kappa shape index (κ1) is 32.4. The number of carbonyl (C=O) groups is 2. The third-order valence-electron chi connectivity index (χ3n) is 7.45. The van der Waals surface area contributed by atoms with Gasteiger partial charge >= 0.3 is 6.03 Å². The van der Waals surface area contributed by atoms with E-state index >= 15 is 0 Å². The lowest BCUT2D eigenvalue weighted by Crippen LogP contribution is -2.50. The number of benzene rings is 3. The highest BCUT2D eigenvalue weighted by molar-refractivity contribution is 7.92. The maximum atomic E-state index is 13.7. The molecular formula is C31H38N4O8S. The second-order valence-corrected chi connectivity index (χ2v) is 12.3. The van der Waals surface area contributed by atoms with Crippen molar-refractivity contribution in [2.45, 2.75) is 30.9 Å². The van der Waals surface area contributed by atoms with Crippen LogP contribution in [0.5, 0.6) is 17.2 Å². The van der Waals surface area contributed by atoms with Crippen molar-refractivity contribution in [2.75, 3.05) is 51.0 Å². The number of likely N-dealkylation sites (N-methyl/N-ethyl adjacent to an activating group) is 1. The van der Waals surface area contributed by atoms with Gasteiger partial charge in [0.05, 0.1) is 49.6 Å². The van der Waals surface area contributed by atoms with Gasteiger partial charge in [0.1, 0.15) is 17.6 Å². The van der Waals surface area contributed by atoms with Crippen molar-refractivity contribution in [3.8, 4) is 17.2 Å². The van der Waals surface area contributed by atoms with E-state index in [1.807, 2.05) is 6.92 Å². The van der Waals surface area contributed by atoms with Crippen LogP contribution >= 0.6 is 0 Å². The molecule has 3 aromatic carbocycles. The third kappa shape index (κ3) is 7.34. The van der Waals surface area contributed by atoms with Crippen LogP contribution < -0.4 is 24.2 Å². The number of methoxy groups -OCH3 is 2. The van der Waals surface area contributed by atoms with Gasteiger partial charge in [0.15, 0.2) is 5.75 Å². The molecule has 1 aliphatic rings. The third-order valence-corrected chi connectivity index (χ3v) is 8.83. The van der Waals surface area contributed by atoms with Gasteiger partial charge in [0, 0.05) is 25.2 Å². The number of hydrogen-bond donors (Lipinski definition) is 3. The van der Waals surface area contributed by atoms with Gasteiger partial charge < -0.3 is 34.4 Å². The minimum atomic E-state index is -4.09. The second-order valence-electron chi connectivity index (χ2n) is 10.6. The number of urea groups is 1. The van der Waals surface area contributed by atoms with Crippen LogP contribution in [0.2, 0.25) is 0 Å². The number of aliphatic hydroxyl groups excluding tert-OH is 1. The molecule has 44 heavy (non-hydrogen) atoms. The van der Waals surface area contributed by atoms with Gasteiger partial charge in [0.25, 0.3) is 15.9 Å². The molecule has 12 nitrogen and oxygen atoms in total. The Kier molecular flexibility index (Phi) is 10.2. The van der Waals surface area contributed by atoms with Crippen LogP contribution in [0.4, 0.5) is 16.2 Å². The Labute approximate surface area is 257 Å². The Morgan fingerprint density at radius 3 is 2.27 bits per heavy atom. The number of fused-ring (bicyclic) bond motifs is 1. The van der Waals surface area contributed by atoms with E-state index in [1.54, 1.807) is 57.5 Å². The number of rotatable bonds is 10. The first-order chi connectivity index (χ1) is 21.0. The van der Waals surface area contributed by atoms with E-state index in [0.717, 1.165) is 0 Å². The van der Waals surface area contributed by atoms with Crippen LogP contribution in [-0.4, -0.2) is 88.4 Å². The molecule has 0 aromatic heterocycles. The first-order valence-corrected chi connectivity index (χ1v) is 15.5. The van der Waals surface area contributed by atoms with E-state index in [4.69, 9.17) is 14.2 Å². The molecule has 0 unspecified atom stereocenters. The van der Waals surface area contributed by atoms with E-state index in [-0.39, 0.29) is 47.5 Å². The molecule has 0 fully saturated rings. The van der Waals surface area contributed by atoms with Crippen LogP contribution in [0.1, 0.15) is 24.2 Å². The first-order valence-electron chi connectivity index (χ1n) is 14.0. The van der Waals surface area contributed by atoms with Crippen LogP contribution in [0.15, 0.2) is 71.6 Å². The number of anilines is 2. The van der Waals surface area contributed by atoms with Crippen molar-refractivity contribution in [3.63, 3.8) is 0 Å². The normalized spacial score (nSPS) is 17.3. The van der Waals surface area contributed by atoms with Crippen LogP contribution in [0, 0.1) is 5.92 Å². The molecular weight excluding hydrogens is 588 g/mol. The minimum Gasteiger partial charge on any atom is -0.497 e. The van der Waals surface area contributed by atoms with Gasteiger partial charge in [-0.05, 0) is 67.6 Å². The predicted molar refractivity (Wildman–Crippen MR) is 166 cm³/mol. The maximum absolute atomic E-state index is 13.7. The molecule has 3 N–H and O–H groups in total. The maximum Gasteiger partial charge on any atom is 0.321 e. The largest absolute Gasteiger partial charge is 0.497 e. The Hall–Kier alpha value is -4.49. The van der Waals surface area contributed by atoms with Crippen molar-refractivity contribution in [1.29, 1.82) is 0 Å². The molecule has 0 bridgehead atoms. The van der Waals surface area contributed by atoms with Crippen molar-refractivity contribution < 1.29 is 37.3 Å². The zero-order chi connectivity index (χ0) is 32.0. The highest BCUT2D eigenvalue weighted by atomic mass is 32.2. The summed E-state index contributed by atoms with van der Waals surface area (Å²) in [7, 11) is 0.571. The van der Waals surface area contributed by atoms with Gasteiger partial charge in [-0.15, -0.1) is 0 Å². The number of sulfonamides is 1. The molecule has 236 valence electrons. The number of nitrogens with one attached hydrogen (secondary N) is 2. The minimum absolute atomic E-state index is 0.0107. The van der Waals surface area contributed by atoms with Crippen LogP contribution in [0.3, 0.4) is 0 Å². The summed E-state index contributed by atoms with van der Waals surface area (Å²) in [5.74, 6) is 0.455. The van der Waals surface area contributed by atoms with Gasteiger partial charge in [-0.25, -0.2) is 13.2 Å². The molecule has 0 aliphatic carbocycles. The number of para-hydroxylation sites is 1. The lowest BCUT2D eigenvalue weighted by Gasteiger charge is -2.38. The van der Waals surface area contributed by atoms with Crippen molar-refractivity contribution in [2.24, 2.45) is 5.92 Å². The zero-order valence-corrected chi connectivity index (χ0v) is 26.1. The fourth-order valence-electron chi connectivity index (χ4n) is 4.75. The summed E-state index contributed by atoms with van der Waals surface area (Å²) in [5.41, 5.74) is 0.763. The fraction of sp³-hybridized carbons (Fsp3) is 0.355. The summed E-state index contributed by atoms with van der Waals surface area (Å²) < 4.78 is 46.0. The quantitative estimate of drug-likeness (QED) is 0.307. The summed E-state index contributed by atoms with van der Waals surface area (Å²) in [4.78, 5) is 29.8. The number of nitrogens with zero attached hydrogens (tertiary/aromatic N) is 2. The monoisotopic (exact) mass is 626 g/mol. The van der Waals surface area contributed by atoms with Crippen molar-refractivity contribution in [3.05, 3.63) is 72.3 Å². The lowest BCUT2D eigenvalue weighted by molar-refractivity contribution is 0.0373. The molecule has 0 radical (unpaired) electrons. The molecule has 1 heterocycles. The number of hydrogen-bond acceptors (Lipinski definition) is 8. The molecule has 0 saturated heterocycles. The molecule has 0 saturated carbocycles. The van der Waals surface area contributed by atoms with E-state index in [9.17, 15) is 23.1 Å². The molecule has 3 aromatic rings. The topological polar surface area (TPSA) is 147 Å². The van der Waals surface area contributed by atoms with Gasteiger partial charge in [-0.1, -0.05) is 13.0 Å². The van der Waals surface area contributed by atoms with Crippen molar-refractivity contribution in [1.82, 2.24) is 9.80 Å². The number of carbonyl (C=O) groups excluding carboxylic acids is 2. The Morgan fingerprint density at radius 1 is 1.07 bits per heavy atom. The number of amides is 3. The van der Waals surface area contributed by atoms with E-state index in [2.05, 4.69) is 10.0 Å². The van der Waals surface area contributed by atoms with Gasteiger partial charge in [-0.3, -0.25) is 9.52 Å². The molecule has 4 rings (SSSR count). The smallest absolute Gasteiger partial charge is 0.321 e. The summed E-state index contributed by atoms with van der Waals surface area (Å²) in [6.07, 6.45) is -0.659. The van der Waals surface area contributed by atoms with Gasteiger partial charge in [0.2, 0.25) is 0 Å². The van der Waals surface area contributed by atoms with Gasteiger partial charge in [-0.2, -0.15) is 0 Å². The molecule has 3 atom stereocenters. The van der Waals surface area contributed by atoms with Crippen molar-refractivity contribution >= 4 is 33.3 Å². The standard InChI is InChI=1S/C31H38N4O8S/c1-20-17-35(21(2)19-36)30(37)26-7-6-8-27(33-44(39,40)25-15-13-24(42-5)14-16-25)29(26)43-28(20)18-34(3)31(38)32-22-9-11-23(41-4)12-10-22/h6-16,20-21,28,33,36H,17-19H2,1-5H3,(H,32,38)/t20-,21-,28+/m1/s1. The second kappa shape index (κ2) is 13.9. The average molecular weight is 627 g/mol. The summed E-state index contributed by atoms with van der Waals surface area (Å²) >= 11 is 0. The lowest BCUT2D eigenvalue weighted by atomic mass is 9.99. The fourth-order valence-corrected chi connectivity index (χ4v) is 5.81. The average Bonchev–Trinajstić information content (AvgIpc) is 3.02. The predicted octanol–water partition coefficient (Wildman–Crippen LogP) is 3.89. The summed E-state index contributed by atoms with van der Waals surface area (Å²) in [6, 6.07) is 16.5. The molecule has 3 amide bonds. The number of aliphatic hydroxyl groups is 1. The Balaban J connectivity index is 1.66. The van der Waals surface area contributed by atoms with E-state index in [1.165, 1.54) is 47.2 Å². The molecule has 0 spiro atoms.